The van der Waals surface area contributed by atoms with Gasteiger partial charge in [-0.25, -0.2) is 0 Å². The predicted octanol–water partition coefficient (Wildman–Crippen LogP) is 1.76. The quantitative estimate of drug-likeness (QED) is 0.769. The SMILES string of the molecule is CNCC(O)C(O)c1c(C)ccc2ccccc12. The van der Waals surface area contributed by atoms with E-state index in [1.807, 2.05) is 43.3 Å². The van der Waals surface area contributed by atoms with Gasteiger partial charge in [0.2, 0.25) is 0 Å². The maximum atomic E-state index is 10.3. The summed E-state index contributed by atoms with van der Waals surface area (Å²) in [4.78, 5) is 0. The highest BCUT2D eigenvalue weighted by molar-refractivity contribution is 5.87. The lowest BCUT2D eigenvalue weighted by atomic mass is 9.93. The molecule has 0 bridgehead atoms. The summed E-state index contributed by atoms with van der Waals surface area (Å²) in [6.07, 6.45) is -1.68. The molecule has 2 aromatic rings. The molecular weight excluding hydrogens is 226 g/mol. The first-order valence-corrected chi connectivity index (χ1v) is 6.14. The molecule has 3 heteroatoms. The molecule has 3 nitrogen and oxygen atoms in total. The minimum absolute atomic E-state index is 0.365. The average Bonchev–Trinajstić information content (AvgIpc) is 2.38. The van der Waals surface area contributed by atoms with Crippen molar-refractivity contribution in [2.45, 2.75) is 19.1 Å². The van der Waals surface area contributed by atoms with Crippen molar-refractivity contribution in [2.75, 3.05) is 13.6 Å². The summed E-state index contributed by atoms with van der Waals surface area (Å²) < 4.78 is 0. The van der Waals surface area contributed by atoms with Crippen LogP contribution in [0.3, 0.4) is 0 Å². The van der Waals surface area contributed by atoms with Gasteiger partial charge in [-0.1, -0.05) is 36.4 Å². The van der Waals surface area contributed by atoms with Gasteiger partial charge in [0.1, 0.15) is 6.10 Å². The van der Waals surface area contributed by atoms with Crippen molar-refractivity contribution in [1.29, 1.82) is 0 Å². The Balaban J connectivity index is 2.51. The Bertz CT molecular complexity index is 539. The average molecular weight is 245 g/mol. The maximum Gasteiger partial charge on any atom is 0.107 e. The second kappa shape index (κ2) is 5.48. The number of aliphatic hydroxyl groups is 2. The van der Waals surface area contributed by atoms with E-state index < -0.39 is 12.2 Å². The third-order valence-corrected chi connectivity index (χ3v) is 3.26. The number of hydrogen-bond acceptors (Lipinski definition) is 3. The molecule has 18 heavy (non-hydrogen) atoms. The van der Waals surface area contributed by atoms with Gasteiger partial charge in [0.15, 0.2) is 0 Å². The van der Waals surface area contributed by atoms with E-state index in [4.69, 9.17) is 0 Å². The molecule has 2 unspecified atom stereocenters. The molecule has 3 N–H and O–H groups in total. The topological polar surface area (TPSA) is 52.5 Å². The lowest BCUT2D eigenvalue weighted by Gasteiger charge is -2.21. The van der Waals surface area contributed by atoms with E-state index in [9.17, 15) is 10.2 Å². The van der Waals surface area contributed by atoms with Crippen molar-refractivity contribution in [3.05, 3.63) is 47.5 Å². The molecule has 0 aromatic heterocycles. The molecule has 0 saturated heterocycles. The highest BCUT2D eigenvalue weighted by atomic mass is 16.3. The molecule has 0 radical (unpaired) electrons. The highest BCUT2D eigenvalue weighted by Crippen LogP contribution is 2.29. The number of benzene rings is 2. The number of aryl methyl sites for hydroxylation is 1. The Labute approximate surface area is 107 Å². The number of rotatable bonds is 4. The highest BCUT2D eigenvalue weighted by Gasteiger charge is 2.21. The molecule has 0 spiro atoms. The van der Waals surface area contributed by atoms with Crippen molar-refractivity contribution in [3.63, 3.8) is 0 Å². The Morgan fingerprint density at radius 1 is 1.11 bits per heavy atom. The van der Waals surface area contributed by atoms with Crippen LogP contribution in [0.2, 0.25) is 0 Å². The van der Waals surface area contributed by atoms with Crippen molar-refractivity contribution in [1.82, 2.24) is 5.32 Å². The summed E-state index contributed by atoms with van der Waals surface area (Å²) in [7, 11) is 1.76. The molecule has 0 amide bonds. The van der Waals surface area contributed by atoms with Gasteiger partial charge in [0.05, 0.1) is 6.10 Å². The number of aliphatic hydroxyl groups excluding tert-OH is 2. The van der Waals surface area contributed by atoms with Crippen LogP contribution in [0.4, 0.5) is 0 Å². The standard InChI is InChI=1S/C15H19NO2/c1-10-7-8-11-5-3-4-6-12(11)14(10)15(18)13(17)9-16-2/h3-8,13,15-18H,9H2,1-2H3. The van der Waals surface area contributed by atoms with E-state index in [2.05, 4.69) is 5.32 Å². The van der Waals surface area contributed by atoms with E-state index in [0.717, 1.165) is 21.9 Å². The minimum Gasteiger partial charge on any atom is -0.389 e. The smallest absolute Gasteiger partial charge is 0.107 e. The summed E-state index contributed by atoms with van der Waals surface area (Å²) in [6, 6.07) is 11.9. The first-order valence-electron chi connectivity index (χ1n) is 6.14. The van der Waals surface area contributed by atoms with Gasteiger partial charge in [-0.15, -0.1) is 0 Å². The zero-order chi connectivity index (χ0) is 13.1. The maximum absolute atomic E-state index is 10.3. The zero-order valence-electron chi connectivity index (χ0n) is 10.7. The summed E-state index contributed by atoms with van der Waals surface area (Å²) in [5, 5.41) is 25.2. The van der Waals surface area contributed by atoms with Gasteiger partial charge in [-0.2, -0.15) is 0 Å². The van der Waals surface area contributed by atoms with E-state index in [1.165, 1.54) is 0 Å². The molecule has 0 aliphatic rings. The van der Waals surface area contributed by atoms with Crippen LogP contribution in [0.25, 0.3) is 10.8 Å². The van der Waals surface area contributed by atoms with Gasteiger partial charge in [-0.3, -0.25) is 0 Å². The Morgan fingerprint density at radius 2 is 1.83 bits per heavy atom. The van der Waals surface area contributed by atoms with Crippen LogP contribution >= 0.6 is 0 Å². The Kier molecular flexibility index (Phi) is 3.97. The van der Waals surface area contributed by atoms with E-state index in [-0.39, 0.29) is 0 Å². The van der Waals surface area contributed by atoms with Crippen molar-refractivity contribution >= 4 is 10.8 Å². The summed E-state index contributed by atoms with van der Waals surface area (Å²) in [5.41, 5.74) is 1.81. The normalized spacial score (nSPS) is 14.7. The lowest BCUT2D eigenvalue weighted by Crippen LogP contribution is -2.30. The molecule has 0 heterocycles. The van der Waals surface area contributed by atoms with Crippen LogP contribution in [0, 0.1) is 6.92 Å². The van der Waals surface area contributed by atoms with Crippen molar-refractivity contribution < 1.29 is 10.2 Å². The van der Waals surface area contributed by atoms with Crippen LogP contribution < -0.4 is 5.32 Å². The number of likely N-dealkylation sites (N-methyl/N-ethyl adjacent to an activating group) is 1. The number of nitrogens with one attached hydrogen (secondary N) is 1. The lowest BCUT2D eigenvalue weighted by molar-refractivity contribution is 0.0207. The van der Waals surface area contributed by atoms with E-state index in [0.29, 0.717) is 6.54 Å². The first kappa shape index (κ1) is 13.0. The fourth-order valence-corrected chi connectivity index (χ4v) is 2.31. The van der Waals surface area contributed by atoms with Crippen LogP contribution in [-0.4, -0.2) is 29.9 Å². The zero-order valence-corrected chi connectivity index (χ0v) is 10.7. The van der Waals surface area contributed by atoms with Crippen LogP contribution in [-0.2, 0) is 0 Å². The van der Waals surface area contributed by atoms with Crippen molar-refractivity contribution in [3.8, 4) is 0 Å². The fraction of sp³-hybridized carbons (Fsp3) is 0.333. The molecule has 2 aromatic carbocycles. The summed E-state index contributed by atoms with van der Waals surface area (Å²) in [6.45, 7) is 2.32. The summed E-state index contributed by atoms with van der Waals surface area (Å²) >= 11 is 0. The molecule has 0 aliphatic carbocycles. The Hall–Kier alpha value is -1.42. The predicted molar refractivity (Wildman–Crippen MR) is 73.6 cm³/mol. The fourth-order valence-electron chi connectivity index (χ4n) is 2.31. The van der Waals surface area contributed by atoms with Crippen molar-refractivity contribution in [2.24, 2.45) is 0 Å². The van der Waals surface area contributed by atoms with Gasteiger partial charge >= 0.3 is 0 Å². The molecule has 0 fully saturated rings. The first-order chi connectivity index (χ1) is 8.65. The number of fused-ring (bicyclic) bond motifs is 1. The van der Waals surface area contributed by atoms with Gasteiger partial charge in [0.25, 0.3) is 0 Å². The largest absolute Gasteiger partial charge is 0.389 e. The third-order valence-electron chi connectivity index (χ3n) is 3.26. The van der Waals surface area contributed by atoms with Gasteiger partial charge < -0.3 is 15.5 Å². The second-order valence-corrected chi connectivity index (χ2v) is 4.59. The molecular formula is C15H19NO2. The van der Waals surface area contributed by atoms with Crippen LogP contribution in [0.15, 0.2) is 36.4 Å². The summed E-state index contributed by atoms with van der Waals surface area (Å²) in [5.74, 6) is 0. The molecule has 2 rings (SSSR count). The molecule has 0 saturated carbocycles. The van der Waals surface area contributed by atoms with E-state index in [1.54, 1.807) is 7.05 Å². The van der Waals surface area contributed by atoms with Gasteiger partial charge in [-0.05, 0) is 35.9 Å². The minimum atomic E-state index is -0.872. The van der Waals surface area contributed by atoms with Gasteiger partial charge in [0, 0.05) is 6.54 Å². The third kappa shape index (κ3) is 2.38. The van der Waals surface area contributed by atoms with Crippen LogP contribution in [0.5, 0.6) is 0 Å². The number of hydrogen-bond donors (Lipinski definition) is 3. The molecule has 2 atom stereocenters. The monoisotopic (exact) mass is 245 g/mol. The Morgan fingerprint density at radius 3 is 2.56 bits per heavy atom. The van der Waals surface area contributed by atoms with E-state index >= 15 is 0 Å². The second-order valence-electron chi connectivity index (χ2n) is 4.59. The van der Waals surface area contributed by atoms with Crippen LogP contribution in [0.1, 0.15) is 17.2 Å². The molecule has 0 aliphatic heterocycles. The molecule has 96 valence electrons.